The Morgan fingerprint density at radius 2 is 1.65 bits per heavy atom. The van der Waals surface area contributed by atoms with Crippen LogP contribution in [-0.2, 0) is 18.9 Å². The monoisotopic (exact) mass is 674 g/mol. The van der Waals surface area contributed by atoms with E-state index in [0.717, 1.165) is 4.57 Å². The van der Waals surface area contributed by atoms with Crippen molar-refractivity contribution in [2.45, 2.75) is 24.9 Å². The Morgan fingerprint density at radius 1 is 0.938 bits per heavy atom. The summed E-state index contributed by atoms with van der Waals surface area (Å²) in [6, 6.07) is 6.32. The van der Waals surface area contributed by atoms with Gasteiger partial charge in [0, 0.05) is 54.4 Å². The number of benzene rings is 2. The Labute approximate surface area is 275 Å². The fraction of sp³-hybridized carbons (Fsp3) is 0.303. The quantitative estimate of drug-likeness (QED) is 0.307. The summed E-state index contributed by atoms with van der Waals surface area (Å²) in [5.41, 5.74) is -3.32. The van der Waals surface area contributed by atoms with Gasteiger partial charge < -0.3 is 34.0 Å². The zero-order valence-electron chi connectivity index (χ0n) is 26.2. The van der Waals surface area contributed by atoms with Gasteiger partial charge in [0.25, 0.3) is 11.1 Å². The normalized spacial score (nSPS) is 22.0. The van der Waals surface area contributed by atoms with Crippen molar-refractivity contribution in [3.8, 4) is 28.7 Å². The largest absolute Gasteiger partial charge is 0.496 e. The van der Waals surface area contributed by atoms with E-state index in [4.69, 9.17) is 35.3 Å². The van der Waals surface area contributed by atoms with Gasteiger partial charge in [0.15, 0.2) is 17.2 Å². The van der Waals surface area contributed by atoms with Gasteiger partial charge in [0.2, 0.25) is 24.0 Å². The second-order valence-corrected chi connectivity index (χ2v) is 12.5. The van der Waals surface area contributed by atoms with Crippen LogP contribution in [0.2, 0.25) is 5.02 Å². The molecule has 48 heavy (non-hydrogen) atoms. The van der Waals surface area contributed by atoms with E-state index in [2.05, 4.69) is 10.3 Å². The molecule has 5 heterocycles. The number of ketones is 2. The minimum atomic E-state index is -2.12. The van der Waals surface area contributed by atoms with Gasteiger partial charge in [-0.25, -0.2) is 4.79 Å². The van der Waals surface area contributed by atoms with Gasteiger partial charge >= 0.3 is 5.69 Å². The highest BCUT2D eigenvalue weighted by molar-refractivity contribution is 6.36. The number of allylic oxidation sites excluding steroid dienone is 1. The lowest BCUT2D eigenvalue weighted by molar-refractivity contribution is -0.130. The molecule has 0 unspecified atom stereocenters. The number of hydrogen-bond acceptors (Lipinski definition) is 11. The van der Waals surface area contributed by atoms with Crippen molar-refractivity contribution >= 4 is 39.9 Å². The number of halogens is 1. The van der Waals surface area contributed by atoms with E-state index in [1.54, 1.807) is 25.1 Å². The van der Waals surface area contributed by atoms with Crippen LogP contribution in [0.1, 0.15) is 40.7 Å². The summed E-state index contributed by atoms with van der Waals surface area (Å²) in [7, 11) is 5.55. The predicted molar refractivity (Wildman–Crippen MR) is 171 cm³/mol. The summed E-state index contributed by atoms with van der Waals surface area (Å²) in [4.78, 5) is 73.5. The molecule has 246 valence electrons. The first-order valence-corrected chi connectivity index (χ1v) is 15.3. The van der Waals surface area contributed by atoms with Crippen LogP contribution >= 0.6 is 11.6 Å². The van der Waals surface area contributed by atoms with Crippen molar-refractivity contribution in [3.63, 3.8) is 0 Å². The van der Waals surface area contributed by atoms with E-state index >= 15 is 4.79 Å². The van der Waals surface area contributed by atoms with Crippen molar-refractivity contribution in [3.05, 3.63) is 88.4 Å². The molecule has 1 spiro atoms. The van der Waals surface area contributed by atoms with E-state index in [-0.39, 0.29) is 63.6 Å². The van der Waals surface area contributed by atoms with Crippen LogP contribution < -0.4 is 45.8 Å². The molecular formula is C33H27ClN4O10. The lowest BCUT2D eigenvalue weighted by Crippen LogP contribution is -2.58. The Bertz CT molecular complexity index is 2410. The van der Waals surface area contributed by atoms with E-state index < -0.39 is 45.8 Å². The smallest absolute Gasteiger partial charge is 0.332 e. The highest BCUT2D eigenvalue weighted by atomic mass is 35.5. The van der Waals surface area contributed by atoms with E-state index in [1.165, 1.54) is 38.9 Å². The molecule has 2 aromatic heterocycles. The minimum absolute atomic E-state index is 0.0105. The first kappa shape index (κ1) is 29.9. The Balaban J connectivity index is 1.40. The molecule has 2 aromatic carbocycles. The Kier molecular flexibility index (Phi) is 6.22. The number of H-pyrrole nitrogens is 1. The molecule has 0 saturated carbocycles. The third kappa shape index (κ3) is 3.65. The topological polar surface area (TPSA) is 169 Å². The summed E-state index contributed by atoms with van der Waals surface area (Å²) in [6.45, 7) is 1.69. The van der Waals surface area contributed by atoms with E-state index in [1.807, 2.05) is 0 Å². The van der Waals surface area contributed by atoms with Gasteiger partial charge in [-0.1, -0.05) is 18.5 Å². The maximum Gasteiger partial charge on any atom is 0.332 e. The molecule has 0 bridgehead atoms. The average molecular weight is 675 g/mol. The molecule has 14 nitrogen and oxygen atoms in total. The second-order valence-electron chi connectivity index (χ2n) is 12.2. The van der Waals surface area contributed by atoms with Gasteiger partial charge in [0.05, 0.1) is 31.2 Å². The number of rotatable bonds is 3. The number of fused-ring (bicyclic) bond motifs is 4. The molecule has 4 aliphatic rings. The van der Waals surface area contributed by atoms with Crippen LogP contribution in [0.5, 0.6) is 28.7 Å². The number of Topliss-reactive ketones (excluding diaryl/α,β-unsaturated/α-hetero) is 2. The number of nitrogens with zero attached hydrogens (tertiary/aromatic N) is 2. The number of pyridine rings is 1. The molecule has 0 radical (unpaired) electrons. The van der Waals surface area contributed by atoms with E-state index in [9.17, 15) is 19.2 Å². The van der Waals surface area contributed by atoms with Crippen LogP contribution in [0.25, 0.3) is 10.9 Å². The molecule has 1 aliphatic carbocycles. The number of carbonyl (C=O) groups excluding carboxylic acids is 2. The molecule has 0 amide bonds. The molecule has 4 aromatic rings. The molecular weight excluding hydrogens is 648 g/mol. The van der Waals surface area contributed by atoms with Crippen LogP contribution in [0, 0.1) is 5.92 Å². The van der Waals surface area contributed by atoms with Gasteiger partial charge in [-0.2, -0.15) is 0 Å². The number of anilines is 1. The standard InChI is InChI=1S/C33H27ClN4O10/c1-12-6-16-22(27(39)33(12)28(40)23-19(44-4)10-20(45-5)25(34)26(23)48-33)21(24-29(35-16)37(2)32(43)38(3)31(24)42)14-7-13-8-17-18(47-11-46-17)9-15(13)36-30(14)41/h7-10,12,21,35H,6,11H2,1-5H3,(H,36,41)/t12-,21-,33+/m1/s1. The number of methoxy groups -OCH3 is 2. The third-order valence-electron chi connectivity index (χ3n) is 9.75. The van der Waals surface area contributed by atoms with Gasteiger partial charge in [0.1, 0.15) is 27.9 Å². The number of aromatic amines is 1. The molecule has 8 rings (SSSR count). The number of ether oxygens (including phenoxy) is 5. The first-order chi connectivity index (χ1) is 22.9. The van der Waals surface area contributed by atoms with Crippen molar-refractivity contribution < 1.29 is 33.3 Å². The van der Waals surface area contributed by atoms with Crippen molar-refractivity contribution in [2.24, 2.45) is 20.0 Å². The average Bonchev–Trinajstić information content (AvgIpc) is 3.66. The molecule has 0 fully saturated rings. The summed E-state index contributed by atoms with van der Waals surface area (Å²) >= 11 is 6.63. The van der Waals surface area contributed by atoms with Crippen molar-refractivity contribution in [1.82, 2.24) is 14.1 Å². The van der Waals surface area contributed by atoms with Crippen molar-refractivity contribution in [2.75, 3.05) is 26.3 Å². The highest BCUT2D eigenvalue weighted by Crippen LogP contribution is 2.56. The molecule has 3 atom stereocenters. The van der Waals surface area contributed by atoms with Crippen LogP contribution in [0.3, 0.4) is 0 Å². The first-order valence-electron chi connectivity index (χ1n) is 14.9. The predicted octanol–water partition coefficient (Wildman–Crippen LogP) is 2.76. The summed E-state index contributed by atoms with van der Waals surface area (Å²) in [6.07, 6.45) is 0.0708. The van der Waals surface area contributed by atoms with Gasteiger partial charge in [-0.05, 0) is 18.6 Å². The fourth-order valence-electron chi connectivity index (χ4n) is 7.33. The lowest BCUT2D eigenvalue weighted by atomic mass is 9.66. The SMILES string of the molecule is COc1cc(OC)c2c(c1Cl)O[C@@]1(C(=O)C3=C(C[C@H]1C)Nc1c(c(=O)n(C)c(=O)n1C)[C@@H]3c1cc3cc4c(cc3[nH]c1=O)OCO4)C2=O. The molecule has 15 heteroatoms. The van der Waals surface area contributed by atoms with Crippen LogP contribution in [0.15, 0.2) is 49.9 Å². The Hall–Kier alpha value is -5.50. The fourth-order valence-corrected chi connectivity index (χ4v) is 7.59. The number of carbonyl (C=O) groups is 2. The number of nitrogens with one attached hydrogen (secondary N) is 2. The number of aromatic nitrogens is 3. The molecule has 2 N–H and O–H groups in total. The number of hydrogen-bond donors (Lipinski definition) is 2. The highest BCUT2D eigenvalue weighted by Gasteiger charge is 2.64. The van der Waals surface area contributed by atoms with Crippen LogP contribution in [-0.4, -0.2) is 52.3 Å². The summed E-state index contributed by atoms with van der Waals surface area (Å²) in [5, 5.41) is 3.66. The van der Waals surface area contributed by atoms with Gasteiger partial charge in [-0.3, -0.25) is 28.3 Å². The van der Waals surface area contributed by atoms with Gasteiger partial charge in [-0.15, -0.1) is 0 Å². The minimum Gasteiger partial charge on any atom is -0.496 e. The maximum absolute atomic E-state index is 15.1. The second kappa shape index (κ2) is 10.0. The third-order valence-corrected chi connectivity index (χ3v) is 10.1. The molecule has 3 aliphatic heterocycles. The summed E-state index contributed by atoms with van der Waals surface area (Å²) in [5.74, 6) is -2.29. The maximum atomic E-state index is 15.1. The van der Waals surface area contributed by atoms with Crippen LogP contribution in [0.4, 0.5) is 5.82 Å². The zero-order valence-corrected chi connectivity index (χ0v) is 27.0. The van der Waals surface area contributed by atoms with Crippen molar-refractivity contribution in [1.29, 1.82) is 0 Å². The Morgan fingerprint density at radius 3 is 2.35 bits per heavy atom. The lowest BCUT2D eigenvalue weighted by Gasteiger charge is -2.42. The summed E-state index contributed by atoms with van der Waals surface area (Å²) < 4.78 is 30.4. The van der Waals surface area contributed by atoms with E-state index in [0.29, 0.717) is 28.1 Å². The zero-order chi connectivity index (χ0) is 34.0. The molecule has 0 saturated heterocycles.